The van der Waals surface area contributed by atoms with E-state index in [1.54, 1.807) is 0 Å². The summed E-state index contributed by atoms with van der Waals surface area (Å²) in [7, 11) is 0. The van der Waals surface area contributed by atoms with Gasteiger partial charge in [-0.3, -0.25) is 0 Å². The molecule has 0 saturated heterocycles. The van der Waals surface area contributed by atoms with Crippen LogP contribution in [0, 0.1) is 18.8 Å². The van der Waals surface area contributed by atoms with Gasteiger partial charge in [0.15, 0.2) is 0 Å². The summed E-state index contributed by atoms with van der Waals surface area (Å²) in [5.74, 6) is 6.92. The van der Waals surface area contributed by atoms with Crippen LogP contribution in [0.3, 0.4) is 0 Å². The molecule has 0 heterocycles. The lowest BCUT2D eigenvalue weighted by Gasteiger charge is -2.13. The van der Waals surface area contributed by atoms with Crippen molar-refractivity contribution in [2.45, 2.75) is 19.9 Å². The standard InChI is InChI=1S/C18H19NO/c1-14-10-11-17(15(2)19)18(13-14)20-12-6-9-16-7-4-3-5-8-16/h3-5,7-8,10-11,13,15H,12,19H2,1-2H3/t15-/m1/s1. The fraction of sp³-hybridized carbons (Fsp3) is 0.222. The van der Waals surface area contributed by atoms with Crippen LogP contribution in [0.2, 0.25) is 0 Å². The van der Waals surface area contributed by atoms with Gasteiger partial charge in [-0.2, -0.15) is 0 Å². The molecule has 2 rings (SSSR count). The molecular formula is C18H19NO. The third-order valence-electron chi connectivity index (χ3n) is 2.97. The third-order valence-corrected chi connectivity index (χ3v) is 2.97. The van der Waals surface area contributed by atoms with Crippen molar-refractivity contribution in [2.75, 3.05) is 6.61 Å². The molecule has 0 fully saturated rings. The minimum absolute atomic E-state index is 0.0484. The van der Waals surface area contributed by atoms with Crippen molar-refractivity contribution in [3.05, 3.63) is 65.2 Å². The lowest BCUT2D eigenvalue weighted by Crippen LogP contribution is -2.08. The largest absolute Gasteiger partial charge is 0.481 e. The maximum atomic E-state index is 5.94. The second-order valence-electron chi connectivity index (χ2n) is 4.79. The summed E-state index contributed by atoms with van der Waals surface area (Å²) < 4.78 is 5.75. The molecule has 0 spiro atoms. The van der Waals surface area contributed by atoms with Crippen molar-refractivity contribution in [1.82, 2.24) is 0 Å². The highest BCUT2D eigenvalue weighted by atomic mass is 16.5. The first kappa shape index (κ1) is 14.2. The van der Waals surface area contributed by atoms with E-state index in [1.807, 2.05) is 62.4 Å². The Kier molecular flexibility index (Phi) is 4.81. The fourth-order valence-corrected chi connectivity index (χ4v) is 1.92. The second kappa shape index (κ2) is 6.79. The molecule has 0 aromatic heterocycles. The molecular weight excluding hydrogens is 246 g/mol. The van der Waals surface area contributed by atoms with E-state index >= 15 is 0 Å². The van der Waals surface area contributed by atoms with Gasteiger partial charge in [0.05, 0.1) is 0 Å². The lowest BCUT2D eigenvalue weighted by atomic mass is 10.1. The van der Waals surface area contributed by atoms with Crippen molar-refractivity contribution in [3.63, 3.8) is 0 Å². The summed E-state index contributed by atoms with van der Waals surface area (Å²) >= 11 is 0. The van der Waals surface area contributed by atoms with E-state index in [2.05, 4.69) is 11.8 Å². The van der Waals surface area contributed by atoms with Gasteiger partial charge in [0, 0.05) is 17.2 Å². The summed E-state index contributed by atoms with van der Waals surface area (Å²) in [5.41, 5.74) is 9.10. The normalized spacial score (nSPS) is 11.3. The van der Waals surface area contributed by atoms with E-state index < -0.39 is 0 Å². The Morgan fingerprint density at radius 2 is 1.90 bits per heavy atom. The molecule has 102 valence electrons. The predicted octanol–water partition coefficient (Wildman–Crippen LogP) is 3.45. The summed E-state index contributed by atoms with van der Waals surface area (Å²) in [6, 6.07) is 15.9. The van der Waals surface area contributed by atoms with E-state index in [-0.39, 0.29) is 6.04 Å². The molecule has 0 saturated carbocycles. The van der Waals surface area contributed by atoms with Crippen LogP contribution in [0.5, 0.6) is 5.75 Å². The van der Waals surface area contributed by atoms with Gasteiger partial charge in [0.2, 0.25) is 0 Å². The summed E-state index contributed by atoms with van der Waals surface area (Å²) in [5, 5.41) is 0. The summed E-state index contributed by atoms with van der Waals surface area (Å²) in [4.78, 5) is 0. The topological polar surface area (TPSA) is 35.2 Å². The van der Waals surface area contributed by atoms with E-state index in [4.69, 9.17) is 10.5 Å². The van der Waals surface area contributed by atoms with Gasteiger partial charge in [0.1, 0.15) is 12.4 Å². The van der Waals surface area contributed by atoms with Gasteiger partial charge in [-0.15, -0.1) is 0 Å². The average molecular weight is 265 g/mol. The minimum Gasteiger partial charge on any atom is -0.481 e. The Balaban J connectivity index is 2.05. The van der Waals surface area contributed by atoms with Crippen LogP contribution in [0.15, 0.2) is 48.5 Å². The van der Waals surface area contributed by atoms with Gasteiger partial charge in [-0.1, -0.05) is 42.2 Å². The van der Waals surface area contributed by atoms with Gasteiger partial charge < -0.3 is 10.5 Å². The molecule has 1 atom stereocenters. The Hall–Kier alpha value is -2.24. The van der Waals surface area contributed by atoms with E-state index in [0.29, 0.717) is 6.61 Å². The predicted molar refractivity (Wildman–Crippen MR) is 82.6 cm³/mol. The van der Waals surface area contributed by atoms with Gasteiger partial charge in [-0.05, 0) is 37.6 Å². The molecule has 2 N–H and O–H groups in total. The van der Waals surface area contributed by atoms with E-state index in [0.717, 1.165) is 22.4 Å². The highest BCUT2D eigenvalue weighted by molar-refractivity contribution is 5.39. The van der Waals surface area contributed by atoms with Crippen molar-refractivity contribution < 1.29 is 4.74 Å². The first-order chi connectivity index (χ1) is 9.66. The van der Waals surface area contributed by atoms with Crippen LogP contribution < -0.4 is 10.5 Å². The van der Waals surface area contributed by atoms with E-state index in [1.165, 1.54) is 0 Å². The molecule has 0 unspecified atom stereocenters. The highest BCUT2D eigenvalue weighted by Crippen LogP contribution is 2.24. The Morgan fingerprint density at radius 1 is 1.15 bits per heavy atom. The van der Waals surface area contributed by atoms with Crippen LogP contribution in [0.25, 0.3) is 0 Å². The van der Waals surface area contributed by atoms with Crippen molar-refractivity contribution in [2.24, 2.45) is 5.73 Å². The molecule has 0 aliphatic rings. The first-order valence-electron chi connectivity index (χ1n) is 6.69. The number of aryl methyl sites for hydroxylation is 1. The molecule has 2 aromatic rings. The molecule has 0 radical (unpaired) electrons. The maximum Gasteiger partial charge on any atom is 0.149 e. The molecule has 2 aromatic carbocycles. The Morgan fingerprint density at radius 3 is 2.60 bits per heavy atom. The zero-order valence-corrected chi connectivity index (χ0v) is 11.9. The van der Waals surface area contributed by atoms with Crippen LogP contribution in [-0.2, 0) is 0 Å². The van der Waals surface area contributed by atoms with Gasteiger partial charge >= 0.3 is 0 Å². The Bertz CT molecular complexity index is 621. The SMILES string of the molecule is Cc1ccc([C@@H](C)N)c(OCC#Cc2ccccc2)c1. The molecule has 0 aliphatic heterocycles. The van der Waals surface area contributed by atoms with Crippen molar-refractivity contribution in [3.8, 4) is 17.6 Å². The van der Waals surface area contributed by atoms with Crippen LogP contribution in [0.4, 0.5) is 0 Å². The summed E-state index contributed by atoms with van der Waals surface area (Å²) in [6.07, 6.45) is 0. The zero-order chi connectivity index (χ0) is 14.4. The first-order valence-corrected chi connectivity index (χ1v) is 6.69. The number of hydrogen-bond donors (Lipinski definition) is 1. The van der Waals surface area contributed by atoms with Crippen molar-refractivity contribution >= 4 is 0 Å². The number of benzene rings is 2. The molecule has 0 aliphatic carbocycles. The van der Waals surface area contributed by atoms with Gasteiger partial charge in [-0.25, -0.2) is 0 Å². The quantitative estimate of drug-likeness (QED) is 0.863. The number of ether oxygens (including phenoxy) is 1. The van der Waals surface area contributed by atoms with Crippen molar-refractivity contribution in [1.29, 1.82) is 0 Å². The molecule has 2 heteroatoms. The van der Waals surface area contributed by atoms with Gasteiger partial charge in [0.25, 0.3) is 0 Å². The highest BCUT2D eigenvalue weighted by Gasteiger charge is 2.07. The molecule has 20 heavy (non-hydrogen) atoms. The second-order valence-corrected chi connectivity index (χ2v) is 4.79. The Labute approximate surface area is 120 Å². The minimum atomic E-state index is -0.0484. The zero-order valence-electron chi connectivity index (χ0n) is 11.9. The number of nitrogens with two attached hydrogens (primary N) is 1. The fourth-order valence-electron chi connectivity index (χ4n) is 1.92. The smallest absolute Gasteiger partial charge is 0.149 e. The number of hydrogen-bond acceptors (Lipinski definition) is 2. The monoisotopic (exact) mass is 265 g/mol. The molecule has 0 amide bonds. The molecule has 0 bridgehead atoms. The average Bonchev–Trinajstić information content (AvgIpc) is 2.44. The summed E-state index contributed by atoms with van der Waals surface area (Å²) in [6.45, 7) is 4.35. The number of rotatable bonds is 3. The van der Waals surface area contributed by atoms with Crippen LogP contribution in [0.1, 0.15) is 29.7 Å². The lowest BCUT2D eigenvalue weighted by molar-refractivity contribution is 0.363. The van der Waals surface area contributed by atoms with Crippen LogP contribution >= 0.6 is 0 Å². The van der Waals surface area contributed by atoms with Crippen LogP contribution in [-0.4, -0.2) is 6.61 Å². The third kappa shape index (κ3) is 3.88. The molecule has 2 nitrogen and oxygen atoms in total. The van der Waals surface area contributed by atoms with E-state index in [9.17, 15) is 0 Å². The maximum absolute atomic E-state index is 5.94.